The molecule has 0 aliphatic carbocycles. The van der Waals surface area contributed by atoms with Gasteiger partial charge in [0.05, 0.1) is 5.69 Å². The number of rotatable bonds is 3. The Morgan fingerprint density at radius 1 is 1.46 bits per heavy atom. The van der Waals surface area contributed by atoms with Gasteiger partial charge in [-0.05, 0) is 24.9 Å². The molecule has 13 heavy (non-hydrogen) atoms. The number of nitrogens with two attached hydrogens (primary N) is 1. The zero-order chi connectivity index (χ0) is 8.27. The van der Waals surface area contributed by atoms with Crippen molar-refractivity contribution in [1.29, 1.82) is 0 Å². The molecule has 5 heteroatoms. The summed E-state index contributed by atoms with van der Waals surface area (Å²) in [5.74, 6) is 0. The quantitative estimate of drug-likeness (QED) is 0.844. The molecule has 0 radical (unpaired) electrons. The molecule has 2 N–H and O–H groups in total. The van der Waals surface area contributed by atoms with Crippen LogP contribution in [0.1, 0.15) is 18.2 Å². The van der Waals surface area contributed by atoms with E-state index in [0.717, 1.165) is 12.8 Å². The zero-order valence-corrected chi connectivity index (χ0v) is 9.62. The molecule has 0 saturated heterocycles. The van der Waals surface area contributed by atoms with E-state index in [1.54, 1.807) is 0 Å². The molecule has 0 spiro atoms. The van der Waals surface area contributed by atoms with Crippen molar-refractivity contribution in [3.63, 3.8) is 0 Å². The van der Waals surface area contributed by atoms with Crippen LogP contribution in [0.4, 0.5) is 0 Å². The Morgan fingerprint density at radius 3 is 2.54 bits per heavy atom. The first kappa shape index (κ1) is 15.2. The van der Waals surface area contributed by atoms with Gasteiger partial charge in [-0.3, -0.25) is 4.68 Å². The third-order valence-electron chi connectivity index (χ3n) is 1.74. The fourth-order valence-electron chi connectivity index (χ4n) is 1.25. The summed E-state index contributed by atoms with van der Waals surface area (Å²) in [6, 6.07) is 0. The van der Waals surface area contributed by atoms with Crippen molar-refractivity contribution in [3.05, 3.63) is 17.5 Å². The average molecular weight is 226 g/mol. The summed E-state index contributed by atoms with van der Waals surface area (Å²) in [6.45, 7) is 2.82. The normalized spacial score (nSPS) is 8.85. The second-order valence-corrected chi connectivity index (χ2v) is 2.67. The Balaban J connectivity index is 0. The SMILES string of the molecule is CCc1nn(C)cc1CCN.Cl.Cl. The molecule has 0 saturated carbocycles. The third kappa shape index (κ3) is 3.98. The lowest BCUT2D eigenvalue weighted by atomic mass is 10.1. The summed E-state index contributed by atoms with van der Waals surface area (Å²) in [7, 11) is 1.94. The van der Waals surface area contributed by atoms with Crippen molar-refractivity contribution in [2.24, 2.45) is 12.8 Å². The lowest BCUT2D eigenvalue weighted by Gasteiger charge is -1.94. The number of nitrogens with zero attached hydrogens (tertiary/aromatic N) is 2. The Labute approximate surface area is 91.5 Å². The standard InChI is InChI=1S/C8H15N3.2ClH/c1-3-8-7(4-5-9)6-11(2)10-8;;/h6H,3-5,9H2,1-2H3;2*1H. The Morgan fingerprint density at radius 2 is 2.08 bits per heavy atom. The van der Waals surface area contributed by atoms with Gasteiger partial charge in [-0.1, -0.05) is 6.92 Å². The average Bonchev–Trinajstić information content (AvgIpc) is 2.32. The Kier molecular flexibility index (Phi) is 8.42. The molecule has 1 heterocycles. The first-order chi connectivity index (χ1) is 5.27. The fourth-order valence-corrected chi connectivity index (χ4v) is 1.25. The first-order valence-electron chi connectivity index (χ1n) is 3.99. The van der Waals surface area contributed by atoms with Crippen molar-refractivity contribution in [3.8, 4) is 0 Å². The Hall–Kier alpha value is -0.250. The van der Waals surface area contributed by atoms with E-state index in [2.05, 4.69) is 12.0 Å². The molecule has 0 aromatic carbocycles. The predicted molar refractivity (Wildman–Crippen MR) is 59.8 cm³/mol. The van der Waals surface area contributed by atoms with Crippen LogP contribution in [-0.2, 0) is 19.9 Å². The van der Waals surface area contributed by atoms with Crippen LogP contribution in [0.15, 0.2) is 6.20 Å². The van der Waals surface area contributed by atoms with Gasteiger partial charge in [-0.15, -0.1) is 24.8 Å². The molecule has 1 rings (SSSR count). The highest BCUT2D eigenvalue weighted by molar-refractivity contribution is 5.85. The van der Waals surface area contributed by atoms with Crippen LogP contribution >= 0.6 is 24.8 Å². The van der Waals surface area contributed by atoms with Crippen molar-refractivity contribution >= 4 is 24.8 Å². The van der Waals surface area contributed by atoms with E-state index in [1.165, 1.54) is 11.3 Å². The summed E-state index contributed by atoms with van der Waals surface area (Å²) in [4.78, 5) is 0. The van der Waals surface area contributed by atoms with Gasteiger partial charge in [0.25, 0.3) is 0 Å². The summed E-state index contributed by atoms with van der Waals surface area (Å²) >= 11 is 0. The predicted octanol–water partition coefficient (Wildman–Crippen LogP) is 1.33. The number of aryl methyl sites for hydroxylation is 2. The molecular weight excluding hydrogens is 209 g/mol. The minimum Gasteiger partial charge on any atom is -0.330 e. The monoisotopic (exact) mass is 225 g/mol. The molecule has 0 unspecified atom stereocenters. The van der Waals surface area contributed by atoms with Crippen LogP contribution in [-0.4, -0.2) is 16.3 Å². The summed E-state index contributed by atoms with van der Waals surface area (Å²) in [6.07, 6.45) is 3.98. The molecule has 0 atom stereocenters. The number of hydrogen-bond acceptors (Lipinski definition) is 2. The van der Waals surface area contributed by atoms with Gasteiger partial charge in [-0.25, -0.2) is 0 Å². The van der Waals surface area contributed by atoms with Crippen molar-refractivity contribution < 1.29 is 0 Å². The van der Waals surface area contributed by atoms with Crippen molar-refractivity contribution in [2.45, 2.75) is 19.8 Å². The van der Waals surface area contributed by atoms with E-state index in [9.17, 15) is 0 Å². The highest BCUT2D eigenvalue weighted by Gasteiger charge is 2.03. The molecule has 1 aromatic heterocycles. The van der Waals surface area contributed by atoms with Crippen LogP contribution < -0.4 is 5.73 Å². The van der Waals surface area contributed by atoms with E-state index in [0.29, 0.717) is 6.54 Å². The number of aromatic nitrogens is 2. The van der Waals surface area contributed by atoms with Crippen LogP contribution in [0.3, 0.4) is 0 Å². The molecule has 0 fully saturated rings. The molecule has 0 aliphatic rings. The summed E-state index contributed by atoms with van der Waals surface area (Å²) in [5.41, 5.74) is 7.92. The maximum atomic E-state index is 5.46. The van der Waals surface area contributed by atoms with Crippen LogP contribution in [0.5, 0.6) is 0 Å². The maximum absolute atomic E-state index is 5.46. The third-order valence-corrected chi connectivity index (χ3v) is 1.74. The topological polar surface area (TPSA) is 43.8 Å². The van der Waals surface area contributed by atoms with E-state index < -0.39 is 0 Å². The van der Waals surface area contributed by atoms with Gasteiger partial charge < -0.3 is 5.73 Å². The van der Waals surface area contributed by atoms with E-state index >= 15 is 0 Å². The molecule has 0 aliphatic heterocycles. The molecule has 0 bridgehead atoms. The molecule has 1 aromatic rings. The lowest BCUT2D eigenvalue weighted by Crippen LogP contribution is -2.03. The second kappa shape index (κ2) is 7.18. The maximum Gasteiger partial charge on any atom is 0.0654 e. The fraction of sp³-hybridized carbons (Fsp3) is 0.625. The lowest BCUT2D eigenvalue weighted by molar-refractivity contribution is 0.746. The summed E-state index contributed by atoms with van der Waals surface area (Å²) in [5, 5.41) is 4.31. The molecule has 3 nitrogen and oxygen atoms in total. The van der Waals surface area contributed by atoms with E-state index in [-0.39, 0.29) is 24.8 Å². The van der Waals surface area contributed by atoms with E-state index in [1.807, 2.05) is 17.9 Å². The highest BCUT2D eigenvalue weighted by Crippen LogP contribution is 2.06. The van der Waals surface area contributed by atoms with Gasteiger partial charge in [-0.2, -0.15) is 5.10 Å². The van der Waals surface area contributed by atoms with Gasteiger partial charge in [0.2, 0.25) is 0 Å². The largest absolute Gasteiger partial charge is 0.330 e. The van der Waals surface area contributed by atoms with Gasteiger partial charge in [0.15, 0.2) is 0 Å². The van der Waals surface area contributed by atoms with Crippen LogP contribution in [0.25, 0.3) is 0 Å². The van der Waals surface area contributed by atoms with Gasteiger partial charge in [0.1, 0.15) is 0 Å². The minimum atomic E-state index is 0. The number of hydrogen-bond donors (Lipinski definition) is 1. The minimum absolute atomic E-state index is 0. The van der Waals surface area contributed by atoms with Crippen LogP contribution in [0, 0.1) is 0 Å². The van der Waals surface area contributed by atoms with Crippen molar-refractivity contribution in [1.82, 2.24) is 9.78 Å². The highest BCUT2D eigenvalue weighted by atomic mass is 35.5. The van der Waals surface area contributed by atoms with Crippen molar-refractivity contribution in [2.75, 3.05) is 6.54 Å². The van der Waals surface area contributed by atoms with Gasteiger partial charge in [0, 0.05) is 13.2 Å². The smallest absolute Gasteiger partial charge is 0.0654 e. The summed E-state index contributed by atoms with van der Waals surface area (Å²) < 4.78 is 1.85. The van der Waals surface area contributed by atoms with Gasteiger partial charge >= 0.3 is 0 Å². The first-order valence-corrected chi connectivity index (χ1v) is 3.99. The number of halogens is 2. The molecule has 0 amide bonds. The zero-order valence-electron chi connectivity index (χ0n) is 7.99. The second-order valence-electron chi connectivity index (χ2n) is 2.67. The molecular formula is C8H17Cl2N3. The molecule has 78 valence electrons. The van der Waals surface area contributed by atoms with Crippen LogP contribution in [0.2, 0.25) is 0 Å². The van der Waals surface area contributed by atoms with E-state index in [4.69, 9.17) is 5.73 Å². The Bertz CT molecular complexity index is 235.